The third kappa shape index (κ3) is 4.85. The zero-order chi connectivity index (χ0) is 24.4. The summed E-state index contributed by atoms with van der Waals surface area (Å²) in [6, 6.07) is 19.0. The highest BCUT2D eigenvalue weighted by molar-refractivity contribution is 7.99. The fourth-order valence-corrected chi connectivity index (χ4v) is 5.70. The fourth-order valence-electron chi connectivity index (χ4n) is 3.78. The number of aromatic nitrogens is 3. The van der Waals surface area contributed by atoms with Crippen molar-refractivity contribution in [2.75, 3.05) is 12.4 Å². The van der Waals surface area contributed by atoms with E-state index in [9.17, 15) is 9.59 Å². The molecule has 5 aromatic rings. The fraction of sp³-hybridized carbons (Fsp3) is 0.185. The van der Waals surface area contributed by atoms with Crippen molar-refractivity contribution in [3.05, 3.63) is 93.9 Å². The maximum absolute atomic E-state index is 13.6. The molecule has 0 saturated heterocycles. The minimum atomic E-state index is -0.116. The van der Waals surface area contributed by atoms with Gasteiger partial charge in [0.15, 0.2) is 10.9 Å². The number of aryl methyl sites for hydroxylation is 1. The molecule has 0 N–H and O–H groups in total. The summed E-state index contributed by atoms with van der Waals surface area (Å²) in [4.78, 5) is 36.6. The van der Waals surface area contributed by atoms with Gasteiger partial charge in [-0.25, -0.2) is 9.97 Å². The normalized spacial score (nSPS) is 11.3. The minimum Gasteiger partial charge on any atom is -0.494 e. The number of pyridine rings is 1. The zero-order valence-corrected chi connectivity index (χ0v) is 21.0. The second-order valence-corrected chi connectivity index (χ2v) is 10.0. The number of carbonyl (C=O) groups is 1. The standard InChI is InChI=1S/C27H23N3O3S2/c1-3-33-20-12-10-19(11-13-20)22(31)16-34-27-29-23-21-5-4-14-28-25(21)35-24(23)26(32)30(27)15-18-8-6-17(2)7-9-18/h4-14H,3,15-16H2,1-2H3. The van der Waals surface area contributed by atoms with Crippen LogP contribution < -0.4 is 10.3 Å². The van der Waals surface area contributed by atoms with E-state index in [1.54, 1.807) is 35.0 Å². The average Bonchev–Trinajstić information content (AvgIpc) is 3.25. The number of ether oxygens (including phenoxy) is 1. The molecule has 0 radical (unpaired) electrons. The van der Waals surface area contributed by atoms with Crippen LogP contribution in [0.15, 0.2) is 76.8 Å². The molecule has 176 valence electrons. The lowest BCUT2D eigenvalue weighted by atomic mass is 10.1. The van der Waals surface area contributed by atoms with Crippen molar-refractivity contribution >= 4 is 49.3 Å². The van der Waals surface area contributed by atoms with Crippen molar-refractivity contribution < 1.29 is 9.53 Å². The summed E-state index contributed by atoms with van der Waals surface area (Å²) in [7, 11) is 0. The van der Waals surface area contributed by atoms with E-state index in [0.29, 0.717) is 34.1 Å². The van der Waals surface area contributed by atoms with Crippen LogP contribution in [0.1, 0.15) is 28.4 Å². The molecular formula is C27H23N3O3S2. The topological polar surface area (TPSA) is 74.1 Å². The predicted molar refractivity (Wildman–Crippen MR) is 142 cm³/mol. The number of Topliss-reactive ketones (excluding diaryl/α,β-unsaturated/α-hetero) is 1. The van der Waals surface area contributed by atoms with E-state index in [4.69, 9.17) is 9.72 Å². The molecule has 3 aromatic heterocycles. The zero-order valence-electron chi connectivity index (χ0n) is 19.4. The number of nitrogens with zero attached hydrogens (tertiary/aromatic N) is 3. The molecule has 0 aliphatic rings. The van der Waals surface area contributed by atoms with Crippen LogP contribution in [0.2, 0.25) is 0 Å². The van der Waals surface area contributed by atoms with Crippen LogP contribution in [-0.4, -0.2) is 32.7 Å². The van der Waals surface area contributed by atoms with Crippen LogP contribution in [-0.2, 0) is 6.54 Å². The van der Waals surface area contributed by atoms with Gasteiger partial charge in [0.2, 0.25) is 0 Å². The van der Waals surface area contributed by atoms with Gasteiger partial charge in [0.1, 0.15) is 15.3 Å². The summed E-state index contributed by atoms with van der Waals surface area (Å²) in [6.45, 7) is 4.90. The van der Waals surface area contributed by atoms with Gasteiger partial charge in [-0.1, -0.05) is 41.6 Å². The van der Waals surface area contributed by atoms with Crippen molar-refractivity contribution in [1.29, 1.82) is 0 Å². The van der Waals surface area contributed by atoms with E-state index >= 15 is 0 Å². The lowest BCUT2D eigenvalue weighted by Gasteiger charge is -2.12. The molecule has 0 aliphatic heterocycles. The summed E-state index contributed by atoms with van der Waals surface area (Å²) >= 11 is 2.64. The van der Waals surface area contributed by atoms with Crippen molar-refractivity contribution in [3.8, 4) is 5.75 Å². The molecule has 5 rings (SSSR count). The molecule has 6 nitrogen and oxygen atoms in total. The van der Waals surface area contributed by atoms with E-state index < -0.39 is 0 Å². The summed E-state index contributed by atoms with van der Waals surface area (Å²) in [5.41, 5.74) is 3.27. The van der Waals surface area contributed by atoms with Crippen LogP contribution in [0.3, 0.4) is 0 Å². The number of benzene rings is 2. The number of carbonyl (C=O) groups excluding carboxylic acids is 1. The molecular weight excluding hydrogens is 478 g/mol. The van der Waals surface area contributed by atoms with E-state index in [1.807, 2.05) is 50.2 Å². The van der Waals surface area contributed by atoms with Gasteiger partial charge in [0.05, 0.1) is 24.4 Å². The first-order valence-corrected chi connectivity index (χ1v) is 13.1. The van der Waals surface area contributed by atoms with Gasteiger partial charge in [-0.3, -0.25) is 14.2 Å². The number of ketones is 1. The number of thioether (sulfide) groups is 1. The summed E-state index contributed by atoms with van der Waals surface area (Å²) < 4.78 is 7.70. The lowest BCUT2D eigenvalue weighted by Crippen LogP contribution is -2.23. The van der Waals surface area contributed by atoms with Crippen molar-refractivity contribution in [2.24, 2.45) is 0 Å². The van der Waals surface area contributed by atoms with Crippen molar-refractivity contribution in [2.45, 2.75) is 25.5 Å². The number of fused-ring (bicyclic) bond motifs is 3. The molecule has 35 heavy (non-hydrogen) atoms. The minimum absolute atomic E-state index is 0.0360. The molecule has 0 saturated carbocycles. The average molecular weight is 502 g/mol. The van der Waals surface area contributed by atoms with E-state index in [0.717, 1.165) is 27.1 Å². The predicted octanol–water partition coefficient (Wildman–Crippen LogP) is 5.74. The van der Waals surface area contributed by atoms with Gasteiger partial charge in [-0.05, 0) is 55.8 Å². The quantitative estimate of drug-likeness (QED) is 0.153. The SMILES string of the molecule is CCOc1ccc(C(=O)CSc2nc3c(sc4ncccc43)c(=O)n2Cc2ccc(C)cc2)cc1. The summed E-state index contributed by atoms with van der Waals surface area (Å²) in [5, 5.41) is 1.37. The maximum Gasteiger partial charge on any atom is 0.272 e. The van der Waals surface area contributed by atoms with Gasteiger partial charge >= 0.3 is 0 Å². The molecule has 3 heterocycles. The second kappa shape index (κ2) is 10.0. The molecule has 0 atom stereocenters. The molecule has 0 bridgehead atoms. The molecule has 2 aromatic carbocycles. The Labute approximate surface area is 210 Å². The smallest absolute Gasteiger partial charge is 0.272 e. The Bertz CT molecular complexity index is 1570. The highest BCUT2D eigenvalue weighted by atomic mass is 32.2. The lowest BCUT2D eigenvalue weighted by molar-refractivity contribution is 0.102. The molecule has 0 amide bonds. The summed E-state index contributed by atoms with van der Waals surface area (Å²) in [6.07, 6.45) is 1.72. The van der Waals surface area contributed by atoms with Crippen molar-refractivity contribution in [3.63, 3.8) is 0 Å². The van der Waals surface area contributed by atoms with E-state index in [2.05, 4.69) is 4.98 Å². The van der Waals surface area contributed by atoms with Crippen LogP contribution >= 0.6 is 23.1 Å². The Morgan fingerprint density at radius 2 is 1.86 bits per heavy atom. The van der Waals surface area contributed by atoms with E-state index in [1.165, 1.54) is 23.1 Å². The monoisotopic (exact) mass is 501 g/mol. The Morgan fingerprint density at radius 3 is 2.60 bits per heavy atom. The van der Waals surface area contributed by atoms with Gasteiger partial charge in [-0.15, -0.1) is 11.3 Å². The number of hydrogen-bond donors (Lipinski definition) is 0. The Morgan fingerprint density at radius 1 is 1.09 bits per heavy atom. The second-order valence-electron chi connectivity index (χ2n) is 8.08. The van der Waals surface area contributed by atoms with E-state index in [-0.39, 0.29) is 17.1 Å². The number of rotatable bonds is 8. The largest absolute Gasteiger partial charge is 0.494 e. The van der Waals surface area contributed by atoms with Crippen LogP contribution in [0.4, 0.5) is 0 Å². The Kier molecular flexibility index (Phi) is 6.66. The van der Waals surface area contributed by atoms with Crippen LogP contribution in [0.5, 0.6) is 5.75 Å². The van der Waals surface area contributed by atoms with Crippen LogP contribution in [0, 0.1) is 6.92 Å². The first-order valence-electron chi connectivity index (χ1n) is 11.3. The van der Waals surface area contributed by atoms with Gasteiger partial charge in [0.25, 0.3) is 5.56 Å². The summed E-state index contributed by atoms with van der Waals surface area (Å²) in [5.74, 6) is 0.861. The van der Waals surface area contributed by atoms with Gasteiger partial charge in [0, 0.05) is 17.1 Å². The first kappa shape index (κ1) is 23.3. The molecule has 0 unspecified atom stereocenters. The van der Waals surface area contributed by atoms with Crippen LogP contribution in [0.25, 0.3) is 20.4 Å². The third-order valence-electron chi connectivity index (χ3n) is 5.60. The third-order valence-corrected chi connectivity index (χ3v) is 7.67. The highest BCUT2D eigenvalue weighted by Crippen LogP contribution is 2.31. The number of thiophene rings is 1. The molecule has 0 fully saturated rings. The Balaban J connectivity index is 1.51. The molecule has 0 spiro atoms. The number of hydrogen-bond acceptors (Lipinski definition) is 7. The molecule has 8 heteroatoms. The first-order chi connectivity index (χ1) is 17.0. The van der Waals surface area contributed by atoms with Gasteiger partial charge < -0.3 is 4.74 Å². The maximum atomic E-state index is 13.6. The van der Waals surface area contributed by atoms with Gasteiger partial charge in [-0.2, -0.15) is 0 Å². The highest BCUT2D eigenvalue weighted by Gasteiger charge is 2.18. The molecule has 0 aliphatic carbocycles. The Hall–Kier alpha value is -3.49. The van der Waals surface area contributed by atoms with Crippen molar-refractivity contribution in [1.82, 2.24) is 14.5 Å².